The summed E-state index contributed by atoms with van der Waals surface area (Å²) in [4.78, 5) is 0. The van der Waals surface area contributed by atoms with Crippen molar-refractivity contribution in [1.82, 2.24) is 5.01 Å². The van der Waals surface area contributed by atoms with Crippen LogP contribution in [0.4, 0.5) is 0 Å². The van der Waals surface area contributed by atoms with Gasteiger partial charge in [0.1, 0.15) is 17.2 Å². The minimum atomic E-state index is -0.456. The summed E-state index contributed by atoms with van der Waals surface area (Å²) in [6, 6.07) is 15.7. The molecule has 32 heavy (non-hydrogen) atoms. The molecule has 2 unspecified atom stereocenters. The van der Waals surface area contributed by atoms with Gasteiger partial charge < -0.3 is 23.4 Å². The number of furan rings is 1. The topological polar surface area (TPSA) is 65.7 Å². The minimum absolute atomic E-state index is 0.00217. The number of hydrogen-bond acceptors (Lipinski definition) is 7. The van der Waals surface area contributed by atoms with Gasteiger partial charge in [0, 0.05) is 17.5 Å². The fourth-order valence-electron chi connectivity index (χ4n) is 4.32. The Bertz CT molecular complexity index is 1170. The first kappa shape index (κ1) is 20.3. The van der Waals surface area contributed by atoms with Crippen molar-refractivity contribution >= 4 is 5.71 Å². The summed E-state index contributed by atoms with van der Waals surface area (Å²) in [5, 5.41) is 6.95. The summed E-state index contributed by atoms with van der Waals surface area (Å²) in [5.74, 6) is 4.43. The van der Waals surface area contributed by atoms with E-state index in [1.54, 1.807) is 14.2 Å². The lowest BCUT2D eigenvalue weighted by Gasteiger charge is -2.38. The lowest BCUT2D eigenvalue weighted by atomic mass is 9.97. The standard InChI is InChI=1S/C25H26N2O5/c1-5-30-22-8-6-7-17-19-14-18(20-11-9-15(2)31-20)26-27(19)25(32-24(17)22)16-10-12-21(28-3)23(13-16)29-4/h6-13,19,25H,5,14H2,1-4H3. The van der Waals surface area contributed by atoms with Crippen LogP contribution in [0.25, 0.3) is 0 Å². The number of para-hydroxylation sites is 1. The van der Waals surface area contributed by atoms with Gasteiger partial charge in [-0.15, -0.1) is 0 Å². The molecule has 0 fully saturated rings. The summed E-state index contributed by atoms with van der Waals surface area (Å²) in [6.07, 6.45) is 0.255. The second-order valence-corrected chi connectivity index (χ2v) is 7.75. The van der Waals surface area contributed by atoms with Gasteiger partial charge in [-0.3, -0.25) is 0 Å². The van der Waals surface area contributed by atoms with Crippen molar-refractivity contribution in [2.24, 2.45) is 5.10 Å². The number of ether oxygens (including phenoxy) is 4. The molecule has 0 aliphatic carbocycles. The Kier molecular flexibility index (Phi) is 5.17. The van der Waals surface area contributed by atoms with Gasteiger partial charge >= 0.3 is 0 Å². The van der Waals surface area contributed by atoms with Crippen LogP contribution < -0.4 is 18.9 Å². The van der Waals surface area contributed by atoms with Crippen molar-refractivity contribution in [3.8, 4) is 23.0 Å². The van der Waals surface area contributed by atoms with E-state index in [2.05, 4.69) is 6.07 Å². The normalized spacial score (nSPS) is 19.0. The summed E-state index contributed by atoms with van der Waals surface area (Å²) in [7, 11) is 3.25. The second kappa shape index (κ2) is 8.15. The van der Waals surface area contributed by atoms with Gasteiger partial charge in [-0.2, -0.15) is 5.10 Å². The van der Waals surface area contributed by atoms with Gasteiger partial charge in [-0.1, -0.05) is 12.1 Å². The van der Waals surface area contributed by atoms with Gasteiger partial charge in [0.05, 0.1) is 26.9 Å². The van der Waals surface area contributed by atoms with Crippen LogP contribution in [0.2, 0.25) is 0 Å². The molecule has 3 heterocycles. The SMILES string of the molecule is CCOc1cccc2c1OC(c1ccc(OC)c(OC)c1)N1N=C(c3ccc(C)o3)CC21. The van der Waals surface area contributed by atoms with Crippen LogP contribution in [0.15, 0.2) is 58.0 Å². The molecule has 0 amide bonds. The van der Waals surface area contributed by atoms with E-state index >= 15 is 0 Å². The van der Waals surface area contributed by atoms with Crippen LogP contribution in [0, 0.1) is 6.92 Å². The van der Waals surface area contributed by atoms with Crippen molar-refractivity contribution in [2.75, 3.05) is 20.8 Å². The van der Waals surface area contributed by atoms with Crippen LogP contribution in [-0.2, 0) is 0 Å². The van der Waals surface area contributed by atoms with E-state index in [0.29, 0.717) is 24.5 Å². The number of hydrogen-bond donors (Lipinski definition) is 0. The van der Waals surface area contributed by atoms with Gasteiger partial charge in [-0.25, -0.2) is 5.01 Å². The van der Waals surface area contributed by atoms with Gasteiger partial charge in [0.15, 0.2) is 23.0 Å². The number of benzene rings is 2. The molecule has 0 saturated heterocycles. The summed E-state index contributed by atoms with van der Waals surface area (Å²) < 4.78 is 29.2. The van der Waals surface area contributed by atoms with Crippen LogP contribution in [0.3, 0.4) is 0 Å². The van der Waals surface area contributed by atoms with E-state index in [-0.39, 0.29) is 6.04 Å². The Labute approximate surface area is 187 Å². The zero-order valence-electron chi connectivity index (χ0n) is 18.6. The number of nitrogens with zero attached hydrogens (tertiary/aromatic N) is 2. The molecule has 1 aromatic heterocycles. The molecule has 7 nitrogen and oxygen atoms in total. The largest absolute Gasteiger partial charge is 0.493 e. The fraction of sp³-hybridized carbons (Fsp3) is 0.320. The Morgan fingerprint density at radius 3 is 2.59 bits per heavy atom. The highest BCUT2D eigenvalue weighted by atomic mass is 16.5. The second-order valence-electron chi connectivity index (χ2n) is 7.75. The maximum atomic E-state index is 6.54. The predicted molar refractivity (Wildman–Crippen MR) is 120 cm³/mol. The third-order valence-electron chi connectivity index (χ3n) is 5.80. The van der Waals surface area contributed by atoms with Gasteiger partial charge in [0.25, 0.3) is 0 Å². The number of methoxy groups -OCH3 is 2. The van der Waals surface area contributed by atoms with Crippen molar-refractivity contribution in [1.29, 1.82) is 0 Å². The summed E-state index contributed by atoms with van der Waals surface area (Å²) in [6.45, 7) is 4.46. The van der Waals surface area contributed by atoms with E-state index in [4.69, 9.17) is 28.5 Å². The van der Waals surface area contributed by atoms with Crippen molar-refractivity contribution in [2.45, 2.75) is 32.5 Å². The highest BCUT2D eigenvalue weighted by Gasteiger charge is 2.43. The molecule has 5 rings (SSSR count). The average Bonchev–Trinajstić information content (AvgIpc) is 3.45. The third kappa shape index (κ3) is 3.34. The average molecular weight is 434 g/mol. The number of aryl methyl sites for hydroxylation is 1. The first-order valence-corrected chi connectivity index (χ1v) is 10.7. The number of fused-ring (bicyclic) bond motifs is 3. The predicted octanol–water partition coefficient (Wildman–Crippen LogP) is 5.25. The van der Waals surface area contributed by atoms with E-state index in [1.165, 1.54) is 0 Å². The van der Waals surface area contributed by atoms with Crippen molar-refractivity contribution in [3.63, 3.8) is 0 Å². The van der Waals surface area contributed by atoms with E-state index in [9.17, 15) is 0 Å². The van der Waals surface area contributed by atoms with Gasteiger partial charge in [-0.05, 0) is 50.2 Å². The van der Waals surface area contributed by atoms with E-state index in [1.807, 2.05) is 61.3 Å². The molecular weight excluding hydrogens is 408 g/mol. The molecule has 0 spiro atoms. The molecule has 3 aromatic rings. The molecule has 7 heteroatoms. The maximum Gasteiger partial charge on any atom is 0.214 e. The summed E-state index contributed by atoms with van der Waals surface area (Å²) >= 11 is 0. The van der Waals surface area contributed by atoms with Crippen molar-refractivity contribution in [3.05, 3.63) is 71.2 Å². The highest BCUT2D eigenvalue weighted by Crippen LogP contribution is 2.51. The molecule has 2 aliphatic heterocycles. The lowest BCUT2D eigenvalue weighted by Crippen LogP contribution is -2.34. The Hall–Kier alpha value is -3.61. The zero-order chi connectivity index (χ0) is 22.2. The molecule has 2 atom stereocenters. The number of hydrazone groups is 1. The molecule has 2 aliphatic rings. The molecule has 0 N–H and O–H groups in total. The Balaban J connectivity index is 1.62. The maximum absolute atomic E-state index is 6.54. The van der Waals surface area contributed by atoms with Gasteiger partial charge in [0.2, 0.25) is 6.23 Å². The Morgan fingerprint density at radius 1 is 1.03 bits per heavy atom. The number of rotatable bonds is 6. The monoisotopic (exact) mass is 434 g/mol. The quantitative estimate of drug-likeness (QED) is 0.528. The lowest BCUT2D eigenvalue weighted by molar-refractivity contribution is -0.0213. The molecule has 0 radical (unpaired) electrons. The molecule has 166 valence electrons. The zero-order valence-corrected chi connectivity index (χ0v) is 18.6. The molecule has 0 saturated carbocycles. The Morgan fingerprint density at radius 2 is 1.88 bits per heavy atom. The van der Waals surface area contributed by atoms with Crippen LogP contribution >= 0.6 is 0 Å². The fourth-order valence-corrected chi connectivity index (χ4v) is 4.32. The van der Waals surface area contributed by atoms with Crippen LogP contribution in [0.5, 0.6) is 23.0 Å². The molecular formula is C25H26N2O5. The van der Waals surface area contributed by atoms with Crippen LogP contribution in [0.1, 0.15) is 48.3 Å². The molecule has 0 bridgehead atoms. The summed E-state index contributed by atoms with van der Waals surface area (Å²) in [5.41, 5.74) is 2.85. The van der Waals surface area contributed by atoms with E-state index < -0.39 is 6.23 Å². The van der Waals surface area contributed by atoms with Crippen LogP contribution in [-0.4, -0.2) is 31.5 Å². The smallest absolute Gasteiger partial charge is 0.214 e. The highest BCUT2D eigenvalue weighted by molar-refractivity contribution is 5.99. The van der Waals surface area contributed by atoms with E-state index in [0.717, 1.165) is 39.9 Å². The van der Waals surface area contributed by atoms with Crippen molar-refractivity contribution < 1.29 is 23.4 Å². The minimum Gasteiger partial charge on any atom is -0.493 e. The first-order valence-electron chi connectivity index (χ1n) is 10.7. The third-order valence-corrected chi connectivity index (χ3v) is 5.80. The molecule has 2 aromatic carbocycles. The first-order chi connectivity index (χ1) is 15.6.